The van der Waals surface area contributed by atoms with E-state index in [1.807, 2.05) is 7.05 Å². The number of fused-ring (bicyclic) bond motifs is 1. The van der Waals surface area contributed by atoms with Gasteiger partial charge in [-0.2, -0.15) is 5.10 Å². The number of anilines is 1. The van der Waals surface area contributed by atoms with E-state index in [9.17, 15) is 0 Å². The minimum absolute atomic E-state index is 0.00297. The summed E-state index contributed by atoms with van der Waals surface area (Å²) >= 11 is 0. The number of hydrazine groups is 1. The summed E-state index contributed by atoms with van der Waals surface area (Å²) < 4.78 is 7.19. The number of rotatable bonds is 5. The zero-order valence-corrected chi connectivity index (χ0v) is 12.2. The molecule has 1 unspecified atom stereocenters. The molecule has 1 atom stereocenters. The normalized spacial score (nSPS) is 14.8. The molecular weight excluding hydrogens is 266 g/mol. The van der Waals surface area contributed by atoms with Crippen LogP contribution in [0, 0.1) is 0 Å². The van der Waals surface area contributed by atoms with Gasteiger partial charge in [0.15, 0.2) is 0 Å². The summed E-state index contributed by atoms with van der Waals surface area (Å²) in [5.41, 5.74) is 12.4. The second-order valence-electron chi connectivity index (χ2n) is 5.41. The summed E-state index contributed by atoms with van der Waals surface area (Å²) in [7, 11) is 1.83. The molecule has 0 saturated carbocycles. The van der Waals surface area contributed by atoms with E-state index in [1.165, 1.54) is 11.1 Å². The number of aromatic nitrogens is 2. The van der Waals surface area contributed by atoms with Crippen LogP contribution in [0.15, 0.2) is 24.4 Å². The van der Waals surface area contributed by atoms with Crippen molar-refractivity contribution in [2.24, 2.45) is 12.9 Å². The molecule has 0 fully saturated rings. The first-order valence-corrected chi connectivity index (χ1v) is 7.17. The van der Waals surface area contributed by atoms with E-state index >= 15 is 0 Å². The summed E-state index contributed by atoms with van der Waals surface area (Å²) in [5.74, 6) is 7.35. The zero-order valence-electron chi connectivity index (χ0n) is 12.2. The Hall–Kier alpha value is -2.05. The van der Waals surface area contributed by atoms with Crippen LogP contribution in [-0.2, 0) is 19.9 Å². The van der Waals surface area contributed by atoms with Crippen molar-refractivity contribution in [3.05, 3.63) is 41.1 Å². The van der Waals surface area contributed by atoms with Crippen molar-refractivity contribution in [3.8, 4) is 5.75 Å². The van der Waals surface area contributed by atoms with Crippen molar-refractivity contribution in [3.63, 3.8) is 0 Å². The number of nitrogens with zero attached hydrogens (tertiary/aromatic N) is 2. The second-order valence-corrected chi connectivity index (χ2v) is 5.41. The van der Waals surface area contributed by atoms with Gasteiger partial charge in [0.2, 0.25) is 0 Å². The summed E-state index contributed by atoms with van der Waals surface area (Å²) in [6, 6.07) is 6.40. The van der Waals surface area contributed by atoms with Gasteiger partial charge in [0.25, 0.3) is 0 Å². The number of nitrogens with one attached hydrogen (secondary N) is 1. The van der Waals surface area contributed by atoms with E-state index in [0.717, 1.165) is 37.2 Å². The highest BCUT2D eigenvalue weighted by atomic mass is 16.5. The molecule has 112 valence electrons. The van der Waals surface area contributed by atoms with Crippen LogP contribution in [0.5, 0.6) is 5.75 Å². The maximum atomic E-state index is 6.01. The van der Waals surface area contributed by atoms with Gasteiger partial charge in [0.1, 0.15) is 11.6 Å². The van der Waals surface area contributed by atoms with Crippen LogP contribution < -0.4 is 21.7 Å². The summed E-state index contributed by atoms with van der Waals surface area (Å²) in [6.45, 7) is 0.790. The minimum Gasteiger partial charge on any atom is -0.493 e. The largest absolute Gasteiger partial charge is 0.493 e. The Morgan fingerprint density at radius 1 is 1.48 bits per heavy atom. The molecule has 1 aromatic heterocycles. The Labute approximate surface area is 124 Å². The molecule has 2 aromatic rings. The van der Waals surface area contributed by atoms with Gasteiger partial charge in [-0.25, -0.2) is 0 Å². The number of ether oxygens (including phenoxy) is 1. The topological polar surface area (TPSA) is 91.1 Å². The fourth-order valence-corrected chi connectivity index (χ4v) is 2.77. The van der Waals surface area contributed by atoms with Crippen molar-refractivity contribution in [1.82, 2.24) is 15.2 Å². The molecule has 0 radical (unpaired) electrons. The highest BCUT2D eigenvalue weighted by molar-refractivity contribution is 5.42. The summed E-state index contributed by atoms with van der Waals surface area (Å²) in [4.78, 5) is 0. The third-order valence-corrected chi connectivity index (χ3v) is 4.07. The first-order valence-electron chi connectivity index (χ1n) is 7.17. The lowest BCUT2D eigenvalue weighted by Crippen LogP contribution is -2.28. The highest BCUT2D eigenvalue weighted by Crippen LogP contribution is 2.28. The fourth-order valence-electron chi connectivity index (χ4n) is 2.77. The molecule has 1 aromatic carbocycles. The van der Waals surface area contributed by atoms with Crippen molar-refractivity contribution >= 4 is 5.82 Å². The van der Waals surface area contributed by atoms with Crippen LogP contribution in [0.4, 0.5) is 5.82 Å². The minimum atomic E-state index is 0.00297. The molecule has 21 heavy (non-hydrogen) atoms. The van der Waals surface area contributed by atoms with Crippen LogP contribution in [0.2, 0.25) is 0 Å². The molecule has 6 nitrogen and oxygen atoms in total. The molecule has 0 spiro atoms. The van der Waals surface area contributed by atoms with Crippen LogP contribution >= 0.6 is 0 Å². The molecule has 3 rings (SSSR count). The molecular formula is C15H21N5O. The Bertz CT molecular complexity index is 637. The predicted molar refractivity (Wildman–Crippen MR) is 81.6 cm³/mol. The quantitative estimate of drug-likeness (QED) is 0.565. The SMILES string of the molecule is Cn1ncc(C(CCc2ccc3c(c2)CCO3)NN)c1N. The Kier molecular flexibility index (Phi) is 3.81. The number of benzene rings is 1. The highest BCUT2D eigenvalue weighted by Gasteiger charge is 2.17. The number of nitrogen functional groups attached to an aromatic ring is 1. The zero-order chi connectivity index (χ0) is 14.8. The van der Waals surface area contributed by atoms with E-state index in [4.69, 9.17) is 16.3 Å². The Balaban J connectivity index is 1.69. The average molecular weight is 287 g/mol. The standard InChI is InChI=1S/C15H21N5O/c1-20-15(16)12(9-18-20)13(19-17)4-2-10-3-5-14-11(8-10)6-7-21-14/h3,5,8-9,13,19H,2,4,6-7,16-17H2,1H3. The molecule has 1 aliphatic rings. The van der Waals surface area contributed by atoms with Gasteiger partial charge in [-0.1, -0.05) is 12.1 Å². The first-order chi connectivity index (χ1) is 10.2. The van der Waals surface area contributed by atoms with E-state index < -0.39 is 0 Å². The molecule has 0 aliphatic carbocycles. The van der Waals surface area contributed by atoms with Gasteiger partial charge < -0.3 is 10.5 Å². The van der Waals surface area contributed by atoms with Crippen LogP contribution in [0.3, 0.4) is 0 Å². The maximum Gasteiger partial charge on any atom is 0.126 e. The number of aryl methyl sites for hydroxylation is 2. The van der Waals surface area contributed by atoms with E-state index in [2.05, 4.69) is 28.7 Å². The molecule has 0 saturated heterocycles. The summed E-state index contributed by atoms with van der Waals surface area (Å²) in [6.07, 6.45) is 4.57. The number of hydrogen-bond acceptors (Lipinski definition) is 5. The van der Waals surface area contributed by atoms with Crippen molar-refractivity contribution < 1.29 is 4.74 Å². The van der Waals surface area contributed by atoms with Gasteiger partial charge in [-0.3, -0.25) is 16.0 Å². The lowest BCUT2D eigenvalue weighted by molar-refractivity contribution is 0.357. The number of hydrogen-bond donors (Lipinski definition) is 3. The Morgan fingerprint density at radius 3 is 3.05 bits per heavy atom. The number of nitrogens with two attached hydrogens (primary N) is 2. The maximum absolute atomic E-state index is 6.01. The van der Waals surface area contributed by atoms with Gasteiger partial charge in [-0.15, -0.1) is 0 Å². The molecule has 6 heteroatoms. The van der Waals surface area contributed by atoms with Crippen molar-refractivity contribution in [2.45, 2.75) is 25.3 Å². The van der Waals surface area contributed by atoms with Crippen molar-refractivity contribution in [2.75, 3.05) is 12.3 Å². The molecule has 0 bridgehead atoms. The monoisotopic (exact) mass is 287 g/mol. The van der Waals surface area contributed by atoms with Gasteiger partial charge in [0, 0.05) is 19.0 Å². The second kappa shape index (κ2) is 5.75. The molecule has 0 amide bonds. The third kappa shape index (κ3) is 2.72. The van der Waals surface area contributed by atoms with Gasteiger partial charge in [0.05, 0.1) is 18.8 Å². The third-order valence-electron chi connectivity index (χ3n) is 4.07. The van der Waals surface area contributed by atoms with Crippen LogP contribution in [-0.4, -0.2) is 16.4 Å². The predicted octanol–water partition coefficient (Wildman–Crippen LogP) is 1.07. The van der Waals surface area contributed by atoms with Crippen LogP contribution in [0.25, 0.3) is 0 Å². The Morgan fingerprint density at radius 2 is 2.33 bits per heavy atom. The van der Waals surface area contributed by atoms with Crippen molar-refractivity contribution in [1.29, 1.82) is 0 Å². The van der Waals surface area contributed by atoms with Crippen LogP contribution in [0.1, 0.15) is 29.2 Å². The van der Waals surface area contributed by atoms with E-state index in [0.29, 0.717) is 5.82 Å². The molecule has 5 N–H and O–H groups in total. The average Bonchev–Trinajstić information content (AvgIpc) is 3.08. The van der Waals surface area contributed by atoms with E-state index in [1.54, 1.807) is 10.9 Å². The van der Waals surface area contributed by atoms with Gasteiger partial charge >= 0.3 is 0 Å². The lowest BCUT2D eigenvalue weighted by atomic mass is 9.99. The van der Waals surface area contributed by atoms with Gasteiger partial charge in [-0.05, 0) is 30.0 Å². The first kappa shape index (κ1) is 13.9. The molecule has 1 aliphatic heterocycles. The molecule has 2 heterocycles. The summed E-state index contributed by atoms with van der Waals surface area (Å²) in [5, 5.41) is 4.17. The lowest BCUT2D eigenvalue weighted by Gasteiger charge is -2.15. The van der Waals surface area contributed by atoms with E-state index in [-0.39, 0.29) is 6.04 Å². The fraction of sp³-hybridized carbons (Fsp3) is 0.400. The smallest absolute Gasteiger partial charge is 0.126 e.